The van der Waals surface area contributed by atoms with Crippen LogP contribution in [0.5, 0.6) is 0 Å². The number of hydrogen-bond donors (Lipinski definition) is 0. The van der Waals surface area contributed by atoms with E-state index in [1.807, 2.05) is 6.92 Å². The molecular formula is C9H16FN3O2S. The molecule has 0 saturated heterocycles. The van der Waals surface area contributed by atoms with Crippen molar-refractivity contribution in [1.29, 1.82) is 0 Å². The summed E-state index contributed by atoms with van der Waals surface area (Å²) in [6, 6.07) is -0.178. The predicted molar refractivity (Wildman–Crippen MR) is 57.3 cm³/mol. The summed E-state index contributed by atoms with van der Waals surface area (Å²) in [4.78, 5) is 0. The second-order valence-corrected chi connectivity index (χ2v) is 5.14. The molecule has 92 valence electrons. The van der Waals surface area contributed by atoms with Crippen molar-refractivity contribution >= 4 is 10.2 Å². The number of halogens is 1. The average Bonchev–Trinajstić information content (AvgIpc) is 2.57. The molecular weight excluding hydrogens is 233 g/mol. The van der Waals surface area contributed by atoms with Crippen molar-refractivity contribution in [2.24, 2.45) is 0 Å². The third-order valence-corrected chi connectivity index (χ3v) is 2.94. The molecule has 0 aliphatic carbocycles. The fourth-order valence-corrected chi connectivity index (χ4v) is 2.19. The largest absolute Gasteiger partial charge is 0.368 e. The van der Waals surface area contributed by atoms with E-state index >= 15 is 0 Å². The zero-order chi connectivity index (χ0) is 12.3. The van der Waals surface area contributed by atoms with E-state index in [0.29, 0.717) is 12.2 Å². The van der Waals surface area contributed by atoms with E-state index in [9.17, 15) is 12.3 Å². The van der Waals surface area contributed by atoms with E-state index < -0.39 is 15.4 Å². The Morgan fingerprint density at radius 3 is 2.44 bits per heavy atom. The highest BCUT2D eigenvalue weighted by molar-refractivity contribution is 7.86. The minimum Gasteiger partial charge on any atom is -0.297 e. The Morgan fingerprint density at radius 1 is 1.38 bits per heavy atom. The van der Waals surface area contributed by atoms with Crippen molar-refractivity contribution in [1.82, 2.24) is 14.8 Å². The van der Waals surface area contributed by atoms with Crippen molar-refractivity contribution < 1.29 is 12.3 Å². The minimum absolute atomic E-state index is 0.178. The van der Waals surface area contributed by atoms with Crippen LogP contribution < -0.4 is 0 Å². The van der Waals surface area contributed by atoms with Gasteiger partial charge in [-0.3, -0.25) is 4.57 Å². The molecule has 0 aliphatic rings. The lowest BCUT2D eigenvalue weighted by molar-refractivity contribution is 0.483. The molecule has 1 heterocycles. The van der Waals surface area contributed by atoms with Crippen LogP contribution in [0.1, 0.15) is 45.5 Å². The summed E-state index contributed by atoms with van der Waals surface area (Å²) in [6.07, 6.45) is 2.44. The zero-order valence-electron chi connectivity index (χ0n) is 9.64. The van der Waals surface area contributed by atoms with Gasteiger partial charge in [0.05, 0.1) is 0 Å². The smallest absolute Gasteiger partial charge is 0.297 e. The summed E-state index contributed by atoms with van der Waals surface area (Å²) in [5, 5.41) is 6.56. The lowest BCUT2D eigenvalue weighted by Gasteiger charge is -2.11. The van der Waals surface area contributed by atoms with Crippen LogP contribution in [-0.4, -0.2) is 23.2 Å². The van der Waals surface area contributed by atoms with Gasteiger partial charge in [0.15, 0.2) is 0 Å². The molecule has 0 aromatic carbocycles. The Hall–Kier alpha value is -0.980. The normalized spacial score (nSPS) is 12.3. The quantitative estimate of drug-likeness (QED) is 0.747. The molecule has 0 aliphatic heterocycles. The van der Waals surface area contributed by atoms with Crippen LogP contribution in [0, 0.1) is 0 Å². The van der Waals surface area contributed by atoms with E-state index in [-0.39, 0.29) is 6.04 Å². The molecule has 0 radical (unpaired) electrons. The van der Waals surface area contributed by atoms with Gasteiger partial charge < -0.3 is 0 Å². The Morgan fingerprint density at radius 2 is 2.00 bits per heavy atom. The Balaban J connectivity index is 3.18. The Kier molecular flexibility index (Phi) is 4.01. The van der Waals surface area contributed by atoms with E-state index in [4.69, 9.17) is 0 Å². The second kappa shape index (κ2) is 4.90. The van der Waals surface area contributed by atoms with Crippen molar-refractivity contribution in [3.8, 4) is 0 Å². The highest BCUT2D eigenvalue weighted by Gasteiger charge is 2.25. The van der Waals surface area contributed by atoms with Gasteiger partial charge in [-0.25, -0.2) is 0 Å². The monoisotopic (exact) mass is 249 g/mol. The van der Waals surface area contributed by atoms with Crippen LogP contribution in [0.3, 0.4) is 0 Å². The van der Waals surface area contributed by atoms with Crippen LogP contribution in [0.25, 0.3) is 0 Å². The fourth-order valence-electron chi connectivity index (χ4n) is 1.50. The Labute approximate surface area is 94.9 Å². The van der Waals surface area contributed by atoms with Crippen molar-refractivity contribution in [2.75, 3.05) is 0 Å². The summed E-state index contributed by atoms with van der Waals surface area (Å²) >= 11 is 0. The molecule has 0 fully saturated rings. The molecule has 1 aromatic heterocycles. The lowest BCUT2D eigenvalue weighted by atomic mass is 10.2. The number of unbranched alkanes of at least 4 members (excludes halogenated alkanes) is 1. The topological polar surface area (TPSA) is 64.8 Å². The maximum Gasteiger partial charge on any atom is 0.368 e. The van der Waals surface area contributed by atoms with Gasteiger partial charge >= 0.3 is 10.2 Å². The van der Waals surface area contributed by atoms with Crippen LogP contribution >= 0.6 is 0 Å². The standard InChI is InChI=1S/C9H16FN3O2S/c1-4-5-6-8-11-12-9(16(10,14)15)13(8)7(2)3/h7H,4-6H2,1-3H3. The van der Waals surface area contributed by atoms with E-state index in [2.05, 4.69) is 10.2 Å². The molecule has 5 nitrogen and oxygen atoms in total. The minimum atomic E-state index is -4.79. The molecule has 0 spiro atoms. The zero-order valence-corrected chi connectivity index (χ0v) is 10.5. The first-order valence-electron chi connectivity index (χ1n) is 5.26. The average molecular weight is 249 g/mol. The fraction of sp³-hybridized carbons (Fsp3) is 0.778. The summed E-state index contributed by atoms with van der Waals surface area (Å²) < 4.78 is 36.0. The number of nitrogens with zero attached hydrogens (tertiary/aromatic N) is 3. The molecule has 16 heavy (non-hydrogen) atoms. The maximum atomic E-state index is 12.9. The van der Waals surface area contributed by atoms with Crippen LogP contribution in [0.2, 0.25) is 0 Å². The van der Waals surface area contributed by atoms with Crippen LogP contribution in [0.15, 0.2) is 5.16 Å². The molecule has 0 atom stereocenters. The first-order valence-corrected chi connectivity index (χ1v) is 6.64. The van der Waals surface area contributed by atoms with E-state index in [0.717, 1.165) is 12.8 Å². The number of aryl methyl sites for hydroxylation is 1. The third kappa shape index (κ3) is 2.78. The number of hydrogen-bond acceptors (Lipinski definition) is 4. The molecule has 0 unspecified atom stereocenters. The van der Waals surface area contributed by atoms with Crippen molar-refractivity contribution in [2.45, 2.75) is 51.2 Å². The molecule has 1 aromatic rings. The van der Waals surface area contributed by atoms with Crippen LogP contribution in [-0.2, 0) is 16.6 Å². The molecule has 0 N–H and O–H groups in total. The van der Waals surface area contributed by atoms with Gasteiger partial charge in [-0.15, -0.1) is 10.2 Å². The molecule has 7 heteroatoms. The van der Waals surface area contributed by atoms with Crippen molar-refractivity contribution in [3.05, 3.63) is 5.82 Å². The summed E-state index contributed by atoms with van der Waals surface area (Å²) in [5.41, 5.74) is 0. The summed E-state index contributed by atoms with van der Waals surface area (Å²) in [7, 11) is -4.79. The Bertz CT molecular complexity index is 453. The van der Waals surface area contributed by atoms with E-state index in [1.54, 1.807) is 13.8 Å². The van der Waals surface area contributed by atoms with Gasteiger partial charge in [0.1, 0.15) is 5.82 Å². The predicted octanol–water partition coefficient (Wildman–Crippen LogP) is 1.86. The third-order valence-electron chi connectivity index (χ3n) is 2.22. The first kappa shape index (κ1) is 13.1. The van der Waals surface area contributed by atoms with E-state index in [1.165, 1.54) is 4.57 Å². The van der Waals surface area contributed by atoms with Gasteiger partial charge in [0.2, 0.25) is 0 Å². The van der Waals surface area contributed by atoms with Gasteiger partial charge in [-0.2, -0.15) is 8.42 Å². The highest BCUT2D eigenvalue weighted by Crippen LogP contribution is 2.18. The summed E-state index contributed by atoms with van der Waals surface area (Å²) in [6.45, 7) is 5.56. The van der Waals surface area contributed by atoms with Crippen LogP contribution in [0.4, 0.5) is 3.89 Å². The molecule has 0 saturated carbocycles. The molecule has 0 amide bonds. The van der Waals surface area contributed by atoms with Crippen molar-refractivity contribution in [3.63, 3.8) is 0 Å². The highest BCUT2D eigenvalue weighted by atomic mass is 32.3. The van der Waals surface area contributed by atoms with Gasteiger partial charge in [-0.05, 0) is 20.3 Å². The number of aromatic nitrogens is 3. The van der Waals surface area contributed by atoms with Gasteiger partial charge in [0.25, 0.3) is 5.16 Å². The lowest BCUT2D eigenvalue weighted by Crippen LogP contribution is -2.12. The summed E-state index contributed by atoms with van der Waals surface area (Å²) in [5.74, 6) is 0.521. The molecule has 0 bridgehead atoms. The van der Waals surface area contributed by atoms with Gasteiger partial charge in [-0.1, -0.05) is 17.2 Å². The SMILES string of the molecule is CCCCc1nnc(S(=O)(=O)F)n1C(C)C. The second-order valence-electron chi connectivity index (χ2n) is 3.90. The number of rotatable bonds is 5. The molecule has 1 rings (SSSR count). The maximum absolute atomic E-state index is 12.9. The first-order chi connectivity index (χ1) is 7.38. The van der Waals surface area contributed by atoms with Gasteiger partial charge in [0, 0.05) is 12.5 Å².